The van der Waals surface area contributed by atoms with E-state index in [0.29, 0.717) is 21.7 Å². The van der Waals surface area contributed by atoms with E-state index in [9.17, 15) is 27.0 Å². The Bertz CT molecular complexity index is 1450. The highest BCUT2D eigenvalue weighted by atomic mass is 32.2. The highest BCUT2D eigenvalue weighted by molar-refractivity contribution is 7.84. The molecule has 0 saturated heterocycles. The van der Waals surface area contributed by atoms with Crippen LogP contribution >= 0.6 is 0 Å². The van der Waals surface area contributed by atoms with Crippen molar-refractivity contribution in [2.24, 2.45) is 28.1 Å². The fourth-order valence-electron chi connectivity index (χ4n) is 5.19. The number of anilines is 1. The fraction of sp³-hybridized carbons (Fsp3) is 0.345. The first kappa shape index (κ1) is 29.3. The molecule has 2 aromatic carbocycles. The topological polar surface area (TPSA) is 111 Å². The van der Waals surface area contributed by atoms with Gasteiger partial charge in [-0.3, -0.25) is 13.8 Å². The summed E-state index contributed by atoms with van der Waals surface area (Å²) in [5.74, 6) is -2.34. The number of oxime groups is 1. The second-order valence-corrected chi connectivity index (χ2v) is 11.7. The molecule has 7 nitrogen and oxygen atoms in total. The van der Waals surface area contributed by atoms with Gasteiger partial charge in [-0.25, -0.2) is 0 Å². The molecule has 4 unspecified atom stereocenters. The van der Waals surface area contributed by atoms with Gasteiger partial charge >= 0.3 is 6.18 Å². The van der Waals surface area contributed by atoms with Gasteiger partial charge in [0, 0.05) is 39.6 Å². The largest absolute Gasteiger partial charge is 0.435 e. The number of alkyl halides is 3. The van der Waals surface area contributed by atoms with E-state index >= 15 is 0 Å². The molecule has 0 bridgehead atoms. The minimum Gasteiger partial charge on any atom is -0.374 e. The van der Waals surface area contributed by atoms with Gasteiger partial charge in [0.05, 0.1) is 17.0 Å². The summed E-state index contributed by atoms with van der Waals surface area (Å²) in [5.41, 5.74) is 2.77. The molecule has 3 N–H and O–H groups in total. The molecule has 40 heavy (non-hydrogen) atoms. The van der Waals surface area contributed by atoms with Crippen molar-refractivity contribution in [3.8, 4) is 0 Å². The Hall–Kier alpha value is -3.73. The Balaban J connectivity index is 1.61. The average Bonchev–Trinajstić information content (AvgIpc) is 3.36. The van der Waals surface area contributed by atoms with Crippen LogP contribution in [0.4, 0.5) is 18.9 Å². The lowest BCUT2D eigenvalue weighted by Crippen LogP contribution is -2.50. The van der Waals surface area contributed by atoms with Crippen molar-refractivity contribution in [1.29, 1.82) is 0 Å². The second-order valence-electron chi connectivity index (χ2n) is 10.3. The van der Waals surface area contributed by atoms with Gasteiger partial charge in [-0.15, -0.1) is 0 Å². The molecule has 0 aromatic heterocycles. The van der Waals surface area contributed by atoms with Crippen LogP contribution in [0, 0.1) is 24.2 Å². The number of rotatable bonds is 7. The van der Waals surface area contributed by atoms with Gasteiger partial charge in [0.1, 0.15) is 0 Å². The predicted molar refractivity (Wildman–Crippen MR) is 147 cm³/mol. The molecular weight excluding hydrogens is 543 g/mol. The number of benzene rings is 2. The number of halogens is 3. The molecule has 4 rings (SSSR count). The van der Waals surface area contributed by atoms with Gasteiger partial charge in [0.2, 0.25) is 11.8 Å². The third kappa shape index (κ3) is 4.98. The summed E-state index contributed by atoms with van der Waals surface area (Å²) in [4.78, 5) is 31.5. The highest BCUT2D eigenvalue weighted by Crippen LogP contribution is 2.49. The van der Waals surface area contributed by atoms with Gasteiger partial charge in [-0.05, 0) is 48.2 Å². The zero-order valence-electron chi connectivity index (χ0n) is 22.4. The zero-order valence-corrected chi connectivity index (χ0v) is 23.2. The maximum Gasteiger partial charge on any atom is 0.435 e. The third-order valence-corrected chi connectivity index (χ3v) is 8.56. The standard InChI is InChI=1S/C29H30F3N3O4S/c1-17(2)27(26(33)37)14-6-5-7-22(27)25(36)34-23-13-10-20(15-18(23)3)28(29(30,31)32)16-24(35-39-28)19-8-11-21(12-9-19)40(4)38/h5-15,17,22H,16H2,1-4H3,(H2,33,37)(H,34,36). The Morgan fingerprint density at radius 3 is 2.38 bits per heavy atom. The van der Waals surface area contributed by atoms with Crippen molar-refractivity contribution >= 4 is 34.0 Å². The first-order chi connectivity index (χ1) is 18.7. The van der Waals surface area contributed by atoms with Crippen LogP contribution in [-0.4, -0.2) is 34.2 Å². The Kier molecular flexibility index (Phi) is 7.81. The number of primary amides is 1. The molecule has 212 valence electrons. The lowest BCUT2D eigenvalue weighted by molar-refractivity contribution is -0.275. The van der Waals surface area contributed by atoms with Crippen LogP contribution in [0.1, 0.15) is 37.0 Å². The molecule has 1 heterocycles. The molecule has 11 heteroatoms. The molecule has 0 fully saturated rings. The quantitative estimate of drug-likeness (QED) is 0.479. The van der Waals surface area contributed by atoms with Crippen molar-refractivity contribution in [3.05, 3.63) is 83.5 Å². The van der Waals surface area contributed by atoms with Crippen LogP contribution in [0.15, 0.2) is 76.8 Å². The normalized spacial score (nSPS) is 24.9. The van der Waals surface area contributed by atoms with E-state index in [1.165, 1.54) is 24.5 Å². The van der Waals surface area contributed by atoms with Crippen molar-refractivity contribution in [3.63, 3.8) is 0 Å². The first-order valence-electron chi connectivity index (χ1n) is 12.6. The van der Waals surface area contributed by atoms with Crippen molar-refractivity contribution in [2.75, 3.05) is 11.6 Å². The summed E-state index contributed by atoms with van der Waals surface area (Å²) in [5, 5.41) is 6.54. The average molecular weight is 574 g/mol. The number of aryl methyl sites for hydroxylation is 1. The van der Waals surface area contributed by atoms with Crippen molar-refractivity contribution in [1.82, 2.24) is 0 Å². The van der Waals surface area contributed by atoms with Gasteiger partial charge in [-0.1, -0.05) is 61.5 Å². The highest BCUT2D eigenvalue weighted by Gasteiger charge is 2.62. The summed E-state index contributed by atoms with van der Waals surface area (Å²) in [6.07, 6.45) is 2.68. The van der Waals surface area contributed by atoms with E-state index in [0.717, 1.165) is 0 Å². The van der Waals surface area contributed by atoms with Gasteiger partial charge in [0.25, 0.3) is 5.60 Å². The monoisotopic (exact) mass is 573 g/mol. The Morgan fingerprint density at radius 2 is 1.82 bits per heavy atom. The third-order valence-electron chi connectivity index (χ3n) is 7.62. The van der Waals surface area contributed by atoms with Crippen LogP contribution in [0.2, 0.25) is 0 Å². The van der Waals surface area contributed by atoms with Crippen LogP contribution in [-0.2, 0) is 30.8 Å². The minimum absolute atomic E-state index is 0.106. The molecule has 2 amide bonds. The number of nitrogens with two attached hydrogens (primary N) is 1. The lowest BCUT2D eigenvalue weighted by Gasteiger charge is -2.38. The predicted octanol–water partition coefficient (Wildman–Crippen LogP) is 5.12. The number of nitrogens with zero attached hydrogens (tertiary/aromatic N) is 1. The zero-order chi connectivity index (χ0) is 29.5. The molecule has 2 aliphatic rings. The van der Waals surface area contributed by atoms with Crippen LogP contribution in [0.3, 0.4) is 0 Å². The van der Waals surface area contributed by atoms with Crippen LogP contribution < -0.4 is 11.1 Å². The summed E-state index contributed by atoms with van der Waals surface area (Å²) in [6.45, 7) is 5.16. The molecule has 4 atom stereocenters. The molecule has 1 aliphatic carbocycles. The molecule has 2 aromatic rings. The summed E-state index contributed by atoms with van der Waals surface area (Å²) in [6, 6.07) is 10.2. The fourth-order valence-corrected chi connectivity index (χ4v) is 5.71. The number of carbonyl (C=O) groups is 2. The van der Waals surface area contributed by atoms with Crippen molar-refractivity contribution in [2.45, 2.75) is 43.9 Å². The first-order valence-corrected chi connectivity index (χ1v) is 14.1. The van der Waals surface area contributed by atoms with Gasteiger partial charge in [0.15, 0.2) is 0 Å². The summed E-state index contributed by atoms with van der Waals surface area (Å²) < 4.78 is 55.2. The maximum atomic E-state index is 14.5. The number of hydrogen-bond donors (Lipinski definition) is 2. The van der Waals surface area contributed by atoms with E-state index in [2.05, 4.69) is 10.5 Å². The number of hydrogen-bond acceptors (Lipinski definition) is 5. The summed E-state index contributed by atoms with van der Waals surface area (Å²) >= 11 is 0. The van der Waals surface area contributed by atoms with E-state index < -0.39 is 52.1 Å². The van der Waals surface area contributed by atoms with E-state index in [-0.39, 0.29) is 17.2 Å². The molecule has 0 radical (unpaired) electrons. The molecular formula is C29H30F3N3O4S. The number of nitrogens with one attached hydrogen (secondary N) is 1. The summed E-state index contributed by atoms with van der Waals surface area (Å²) in [7, 11) is -1.23. The van der Waals surface area contributed by atoms with E-state index in [1.807, 2.05) is 0 Å². The minimum atomic E-state index is -4.81. The van der Waals surface area contributed by atoms with Crippen LogP contribution in [0.5, 0.6) is 0 Å². The Labute approximate surface area is 232 Å². The van der Waals surface area contributed by atoms with Crippen LogP contribution in [0.25, 0.3) is 0 Å². The molecule has 0 spiro atoms. The van der Waals surface area contributed by atoms with Gasteiger partial charge in [-0.2, -0.15) is 13.2 Å². The molecule has 1 aliphatic heterocycles. The number of allylic oxidation sites excluding steroid dienone is 2. The van der Waals surface area contributed by atoms with E-state index in [4.69, 9.17) is 10.6 Å². The number of amides is 2. The SMILES string of the molecule is Cc1cc(C2(C(F)(F)F)CC(c3ccc(S(C)=O)cc3)=NO2)ccc1NC(=O)C1C=CC=CC1(C(N)=O)C(C)C. The van der Waals surface area contributed by atoms with E-state index in [1.54, 1.807) is 69.3 Å². The smallest absolute Gasteiger partial charge is 0.374 e. The Morgan fingerprint density at radius 1 is 1.15 bits per heavy atom. The lowest BCUT2D eigenvalue weighted by atomic mass is 9.64. The molecule has 0 saturated carbocycles. The van der Waals surface area contributed by atoms with Crippen molar-refractivity contribution < 1.29 is 31.8 Å². The second kappa shape index (κ2) is 10.7. The number of carbonyl (C=O) groups excluding carboxylic acids is 2. The maximum absolute atomic E-state index is 14.5. The van der Waals surface area contributed by atoms with Gasteiger partial charge < -0.3 is 15.9 Å².